The van der Waals surface area contributed by atoms with E-state index in [2.05, 4.69) is 15.3 Å². The number of hydrogen-bond acceptors (Lipinski definition) is 5. The summed E-state index contributed by atoms with van der Waals surface area (Å²) in [5, 5.41) is 12.9. The van der Waals surface area contributed by atoms with Crippen LogP contribution in [0.4, 0.5) is 10.1 Å². The lowest BCUT2D eigenvalue weighted by Gasteiger charge is -2.16. The lowest BCUT2D eigenvalue weighted by Crippen LogP contribution is -2.32. The number of amides is 2. The quantitative estimate of drug-likeness (QED) is 0.281. The number of aromatic amines is 1. The molecule has 4 rings (SSSR count). The number of carbonyl (C=O) groups excluding carboxylic acids is 2. The maximum absolute atomic E-state index is 14.8. The lowest BCUT2D eigenvalue weighted by atomic mass is 9.97. The molecule has 0 saturated heterocycles. The molecule has 0 bridgehead atoms. The second-order valence-electron chi connectivity index (χ2n) is 6.68. The van der Waals surface area contributed by atoms with Crippen molar-refractivity contribution in [1.29, 1.82) is 0 Å². The molecule has 0 spiro atoms. The van der Waals surface area contributed by atoms with E-state index in [-0.39, 0.29) is 22.7 Å². The summed E-state index contributed by atoms with van der Waals surface area (Å²) >= 11 is 0. The zero-order valence-corrected chi connectivity index (χ0v) is 16.0. The molecule has 8 nitrogen and oxygen atoms in total. The van der Waals surface area contributed by atoms with Gasteiger partial charge in [0.25, 0.3) is 0 Å². The number of primary amides is 1. The molecule has 5 N–H and O–H groups in total. The minimum absolute atomic E-state index is 0.0480. The van der Waals surface area contributed by atoms with E-state index < -0.39 is 23.5 Å². The molecule has 2 aromatic heterocycles. The smallest absolute Gasteiger partial charge is 0.241 e. The molecule has 9 heteroatoms. The third-order valence-corrected chi connectivity index (χ3v) is 4.64. The fourth-order valence-corrected chi connectivity index (χ4v) is 3.15. The van der Waals surface area contributed by atoms with Crippen LogP contribution in [0.15, 0.2) is 67.0 Å². The zero-order chi connectivity index (χ0) is 22.0. The molecule has 0 aliphatic rings. The normalized spacial score (nSPS) is 11.8. The van der Waals surface area contributed by atoms with E-state index in [4.69, 9.17) is 10.5 Å². The molecule has 2 amide bonds. The standard InChI is InChI=1S/C22H17FN4O4/c23-14-11-12(19(20(24)29)22(30)27-15-3-1-2-4-16(15)28)5-6-18(14)31-17-8-10-26-21-13(17)7-9-25-21/h1-11,19,28H,(H2,24,29)(H,25,26)(H,27,30). The van der Waals surface area contributed by atoms with Gasteiger partial charge in [0.1, 0.15) is 23.1 Å². The predicted molar refractivity (Wildman–Crippen MR) is 111 cm³/mol. The van der Waals surface area contributed by atoms with Gasteiger partial charge in [-0.2, -0.15) is 0 Å². The van der Waals surface area contributed by atoms with E-state index in [0.717, 1.165) is 6.07 Å². The molecule has 2 heterocycles. The molecule has 0 aliphatic heterocycles. The number of aromatic nitrogens is 2. The molecule has 4 aromatic rings. The monoisotopic (exact) mass is 420 g/mol. The topological polar surface area (TPSA) is 130 Å². The summed E-state index contributed by atoms with van der Waals surface area (Å²) in [5.74, 6) is -3.90. The predicted octanol–water partition coefficient (Wildman–Crippen LogP) is 3.41. The second-order valence-corrected chi connectivity index (χ2v) is 6.68. The number of H-pyrrole nitrogens is 1. The number of anilines is 1. The number of benzene rings is 2. The van der Waals surface area contributed by atoms with Crippen LogP contribution in [0, 0.1) is 5.82 Å². The van der Waals surface area contributed by atoms with Crippen LogP contribution >= 0.6 is 0 Å². The highest BCUT2D eigenvalue weighted by atomic mass is 19.1. The molecule has 2 aromatic carbocycles. The van der Waals surface area contributed by atoms with E-state index in [1.807, 2.05) is 0 Å². The maximum atomic E-state index is 14.8. The summed E-state index contributed by atoms with van der Waals surface area (Å²) < 4.78 is 20.4. The number of aromatic hydroxyl groups is 1. The van der Waals surface area contributed by atoms with Crippen LogP contribution in [0.1, 0.15) is 11.5 Å². The number of hydrogen-bond donors (Lipinski definition) is 4. The third kappa shape index (κ3) is 4.01. The fourth-order valence-electron chi connectivity index (χ4n) is 3.15. The summed E-state index contributed by atoms with van der Waals surface area (Å²) in [6.07, 6.45) is 3.21. The van der Waals surface area contributed by atoms with Crippen LogP contribution in [-0.2, 0) is 9.59 Å². The Balaban J connectivity index is 1.60. The molecule has 31 heavy (non-hydrogen) atoms. The van der Waals surface area contributed by atoms with Gasteiger partial charge in [-0.15, -0.1) is 0 Å². The van der Waals surface area contributed by atoms with Crippen LogP contribution in [-0.4, -0.2) is 26.9 Å². The van der Waals surface area contributed by atoms with Crippen molar-refractivity contribution in [3.8, 4) is 17.2 Å². The van der Waals surface area contributed by atoms with E-state index in [0.29, 0.717) is 16.8 Å². The molecule has 0 radical (unpaired) electrons. The third-order valence-electron chi connectivity index (χ3n) is 4.64. The van der Waals surface area contributed by atoms with Crippen molar-refractivity contribution in [3.05, 3.63) is 78.4 Å². The number of nitrogens with two attached hydrogens (primary N) is 1. The Morgan fingerprint density at radius 1 is 1.13 bits per heavy atom. The number of ether oxygens (including phenoxy) is 1. The average molecular weight is 420 g/mol. The molecular formula is C22H17FN4O4. The Labute approximate surface area is 175 Å². The Hall–Kier alpha value is -4.40. The van der Waals surface area contributed by atoms with Gasteiger partial charge in [-0.25, -0.2) is 9.37 Å². The number of halogens is 1. The van der Waals surface area contributed by atoms with Gasteiger partial charge >= 0.3 is 0 Å². The number of nitrogens with one attached hydrogen (secondary N) is 2. The average Bonchev–Trinajstić information content (AvgIpc) is 3.21. The Bertz CT molecular complexity index is 1290. The summed E-state index contributed by atoms with van der Waals surface area (Å²) in [5.41, 5.74) is 6.14. The van der Waals surface area contributed by atoms with Gasteiger partial charge in [-0.3, -0.25) is 9.59 Å². The van der Waals surface area contributed by atoms with Crippen molar-refractivity contribution >= 4 is 28.5 Å². The Morgan fingerprint density at radius 3 is 2.68 bits per heavy atom. The van der Waals surface area contributed by atoms with Gasteiger partial charge in [-0.05, 0) is 42.0 Å². The fraction of sp³-hybridized carbons (Fsp3) is 0.0455. The first-order valence-corrected chi connectivity index (χ1v) is 9.21. The molecular weight excluding hydrogens is 403 g/mol. The van der Waals surface area contributed by atoms with Gasteiger partial charge in [0.05, 0.1) is 11.1 Å². The Morgan fingerprint density at radius 2 is 1.94 bits per heavy atom. The van der Waals surface area contributed by atoms with E-state index in [1.54, 1.807) is 30.5 Å². The first-order valence-electron chi connectivity index (χ1n) is 9.21. The highest BCUT2D eigenvalue weighted by molar-refractivity contribution is 6.11. The van der Waals surface area contributed by atoms with Crippen molar-refractivity contribution in [2.45, 2.75) is 5.92 Å². The van der Waals surface area contributed by atoms with E-state index in [1.165, 1.54) is 30.5 Å². The molecule has 156 valence electrons. The van der Waals surface area contributed by atoms with Crippen molar-refractivity contribution in [2.75, 3.05) is 5.32 Å². The minimum Gasteiger partial charge on any atom is -0.506 e. The Kier molecular flexibility index (Phi) is 5.23. The van der Waals surface area contributed by atoms with Crippen LogP contribution in [0.5, 0.6) is 17.2 Å². The number of pyridine rings is 1. The van der Waals surface area contributed by atoms with Crippen molar-refractivity contribution in [3.63, 3.8) is 0 Å². The van der Waals surface area contributed by atoms with Crippen molar-refractivity contribution in [2.24, 2.45) is 5.73 Å². The van der Waals surface area contributed by atoms with Gasteiger partial charge in [0.2, 0.25) is 11.8 Å². The van der Waals surface area contributed by atoms with Gasteiger partial charge in [-0.1, -0.05) is 18.2 Å². The molecule has 0 saturated carbocycles. The number of carbonyl (C=O) groups is 2. The second kappa shape index (κ2) is 8.15. The number of phenols is 1. The number of nitrogens with zero attached hydrogens (tertiary/aromatic N) is 1. The summed E-state index contributed by atoms with van der Waals surface area (Å²) in [4.78, 5) is 31.7. The lowest BCUT2D eigenvalue weighted by molar-refractivity contribution is -0.127. The molecule has 1 unspecified atom stereocenters. The first kappa shape index (κ1) is 19.9. The highest BCUT2D eigenvalue weighted by Gasteiger charge is 2.28. The van der Waals surface area contributed by atoms with E-state index >= 15 is 0 Å². The number of rotatable bonds is 6. The van der Waals surface area contributed by atoms with Gasteiger partial charge < -0.3 is 25.9 Å². The number of fused-ring (bicyclic) bond motifs is 1. The summed E-state index contributed by atoms with van der Waals surface area (Å²) in [7, 11) is 0. The first-order chi connectivity index (χ1) is 14.9. The molecule has 0 fully saturated rings. The van der Waals surface area contributed by atoms with Crippen LogP contribution < -0.4 is 15.8 Å². The number of phenolic OH excluding ortho intramolecular Hbond substituents is 1. The van der Waals surface area contributed by atoms with E-state index in [9.17, 15) is 19.1 Å². The highest BCUT2D eigenvalue weighted by Crippen LogP contribution is 2.32. The zero-order valence-electron chi connectivity index (χ0n) is 16.0. The summed E-state index contributed by atoms with van der Waals surface area (Å²) in [6.45, 7) is 0. The maximum Gasteiger partial charge on any atom is 0.241 e. The van der Waals surface area contributed by atoms with Crippen LogP contribution in [0.25, 0.3) is 11.0 Å². The van der Waals surface area contributed by atoms with Crippen LogP contribution in [0.2, 0.25) is 0 Å². The minimum atomic E-state index is -1.47. The SMILES string of the molecule is NC(=O)C(C(=O)Nc1ccccc1O)c1ccc(Oc2ccnc3[nH]ccc23)c(F)c1. The molecule has 0 aliphatic carbocycles. The van der Waals surface area contributed by atoms with Crippen LogP contribution in [0.3, 0.4) is 0 Å². The number of para-hydroxylation sites is 2. The molecule has 1 atom stereocenters. The van der Waals surface area contributed by atoms with Gasteiger partial charge in [0, 0.05) is 12.4 Å². The van der Waals surface area contributed by atoms with Gasteiger partial charge in [0.15, 0.2) is 11.6 Å². The summed E-state index contributed by atoms with van der Waals surface area (Å²) in [6, 6.07) is 13.1. The largest absolute Gasteiger partial charge is 0.506 e. The van der Waals surface area contributed by atoms with Crippen molar-refractivity contribution in [1.82, 2.24) is 9.97 Å². The van der Waals surface area contributed by atoms with Crippen molar-refractivity contribution < 1.29 is 23.8 Å².